The second kappa shape index (κ2) is 5.91. The van der Waals surface area contributed by atoms with Gasteiger partial charge in [0.15, 0.2) is 5.11 Å². The zero-order chi connectivity index (χ0) is 13.8. The quantitative estimate of drug-likeness (QED) is 0.810. The third kappa shape index (κ3) is 5.72. The van der Waals surface area contributed by atoms with Gasteiger partial charge in [0.1, 0.15) is 5.82 Å². The molecular formula is C13H17FN2OS. The molecule has 0 saturated carbocycles. The van der Waals surface area contributed by atoms with Crippen LogP contribution >= 0.6 is 12.2 Å². The molecular weight excluding hydrogens is 251 g/mol. The summed E-state index contributed by atoms with van der Waals surface area (Å²) in [6.45, 7) is 5.90. The Bertz CT molecular complexity index is 455. The zero-order valence-electron chi connectivity index (χ0n) is 10.7. The van der Waals surface area contributed by atoms with Crippen molar-refractivity contribution < 1.29 is 9.18 Å². The fraction of sp³-hybridized carbons (Fsp3) is 0.385. The van der Waals surface area contributed by atoms with Gasteiger partial charge < -0.3 is 10.6 Å². The van der Waals surface area contributed by atoms with Gasteiger partial charge in [0, 0.05) is 12.1 Å². The molecule has 0 aromatic heterocycles. The van der Waals surface area contributed by atoms with Crippen molar-refractivity contribution >= 4 is 28.9 Å². The molecule has 0 spiro atoms. The van der Waals surface area contributed by atoms with Crippen LogP contribution < -0.4 is 10.6 Å². The zero-order valence-corrected chi connectivity index (χ0v) is 11.5. The maximum absolute atomic E-state index is 12.9. The van der Waals surface area contributed by atoms with Gasteiger partial charge in [-0.25, -0.2) is 4.39 Å². The fourth-order valence-electron chi connectivity index (χ4n) is 1.38. The summed E-state index contributed by atoms with van der Waals surface area (Å²) in [5, 5.41) is 5.50. The smallest absolute Gasteiger partial charge is 0.226 e. The molecule has 0 aliphatic carbocycles. The molecule has 0 unspecified atom stereocenters. The predicted octanol–water partition coefficient (Wildman–Crippen LogP) is 3.07. The largest absolute Gasteiger partial charge is 0.332 e. The van der Waals surface area contributed by atoms with Crippen LogP contribution in [-0.2, 0) is 4.79 Å². The Morgan fingerprint density at radius 3 is 2.61 bits per heavy atom. The second-order valence-electron chi connectivity index (χ2n) is 5.25. The number of rotatable bonds is 2. The maximum Gasteiger partial charge on any atom is 0.226 e. The van der Waals surface area contributed by atoms with Gasteiger partial charge in [-0.2, -0.15) is 0 Å². The Balaban J connectivity index is 2.50. The van der Waals surface area contributed by atoms with E-state index in [0.717, 1.165) is 0 Å². The first-order valence-electron chi connectivity index (χ1n) is 5.63. The lowest BCUT2D eigenvalue weighted by atomic mass is 9.92. The minimum absolute atomic E-state index is 0.0987. The molecule has 1 aromatic rings. The van der Waals surface area contributed by atoms with Gasteiger partial charge in [0.05, 0.1) is 0 Å². The van der Waals surface area contributed by atoms with Crippen molar-refractivity contribution in [3.8, 4) is 0 Å². The summed E-state index contributed by atoms with van der Waals surface area (Å²) in [6, 6.07) is 5.89. The van der Waals surface area contributed by atoms with Crippen LogP contribution in [-0.4, -0.2) is 11.0 Å². The first-order chi connectivity index (χ1) is 8.26. The van der Waals surface area contributed by atoms with Crippen LogP contribution in [0.25, 0.3) is 0 Å². The Morgan fingerprint density at radius 2 is 2.06 bits per heavy atom. The van der Waals surface area contributed by atoms with Gasteiger partial charge >= 0.3 is 0 Å². The van der Waals surface area contributed by atoms with Crippen molar-refractivity contribution in [3.63, 3.8) is 0 Å². The molecule has 0 saturated heterocycles. The highest BCUT2D eigenvalue weighted by Crippen LogP contribution is 2.17. The van der Waals surface area contributed by atoms with Crippen LogP contribution in [0.2, 0.25) is 0 Å². The summed E-state index contributed by atoms with van der Waals surface area (Å²) < 4.78 is 12.9. The number of anilines is 1. The topological polar surface area (TPSA) is 41.1 Å². The lowest BCUT2D eigenvalue weighted by Gasteiger charge is -2.17. The summed E-state index contributed by atoms with van der Waals surface area (Å²) in [6.07, 6.45) is 0.373. The van der Waals surface area contributed by atoms with Gasteiger partial charge in [-0.1, -0.05) is 26.8 Å². The van der Waals surface area contributed by atoms with E-state index in [-0.39, 0.29) is 22.3 Å². The van der Waals surface area contributed by atoms with Crippen molar-refractivity contribution in [1.82, 2.24) is 5.32 Å². The highest BCUT2D eigenvalue weighted by molar-refractivity contribution is 7.80. The van der Waals surface area contributed by atoms with Gasteiger partial charge in [0.25, 0.3) is 0 Å². The van der Waals surface area contributed by atoms with Crippen LogP contribution in [0.1, 0.15) is 27.2 Å². The van der Waals surface area contributed by atoms with Crippen LogP contribution in [0, 0.1) is 11.2 Å². The lowest BCUT2D eigenvalue weighted by Crippen LogP contribution is -2.36. The molecule has 0 radical (unpaired) electrons. The number of carbonyl (C=O) groups excluding carboxylic acids is 1. The standard InChI is InChI=1S/C13H17FN2OS/c1-13(2,3)8-11(17)16-12(18)15-10-6-4-5-9(14)7-10/h4-7H,8H2,1-3H3,(H2,15,16,17,18). The summed E-state index contributed by atoms with van der Waals surface area (Å²) in [5.74, 6) is -0.514. The highest BCUT2D eigenvalue weighted by Gasteiger charge is 2.16. The monoisotopic (exact) mass is 268 g/mol. The average molecular weight is 268 g/mol. The Morgan fingerprint density at radius 1 is 1.39 bits per heavy atom. The third-order valence-corrected chi connectivity index (χ3v) is 2.23. The van der Waals surface area contributed by atoms with Crippen molar-refractivity contribution in [2.45, 2.75) is 27.2 Å². The molecule has 0 heterocycles. The molecule has 1 rings (SSSR count). The Hall–Kier alpha value is -1.49. The number of hydrogen-bond acceptors (Lipinski definition) is 2. The van der Waals surface area contributed by atoms with E-state index in [1.165, 1.54) is 12.1 Å². The highest BCUT2D eigenvalue weighted by atomic mass is 32.1. The molecule has 98 valence electrons. The van der Waals surface area contributed by atoms with E-state index in [2.05, 4.69) is 10.6 Å². The minimum Gasteiger partial charge on any atom is -0.332 e. The molecule has 18 heavy (non-hydrogen) atoms. The van der Waals surface area contributed by atoms with E-state index in [9.17, 15) is 9.18 Å². The van der Waals surface area contributed by atoms with E-state index in [1.807, 2.05) is 20.8 Å². The van der Waals surface area contributed by atoms with E-state index in [4.69, 9.17) is 12.2 Å². The Labute approximate surface area is 112 Å². The van der Waals surface area contributed by atoms with E-state index in [0.29, 0.717) is 12.1 Å². The number of thiocarbonyl (C=S) groups is 1. The second-order valence-corrected chi connectivity index (χ2v) is 5.66. The third-order valence-electron chi connectivity index (χ3n) is 2.03. The van der Waals surface area contributed by atoms with Crippen LogP contribution in [0.15, 0.2) is 24.3 Å². The van der Waals surface area contributed by atoms with E-state index >= 15 is 0 Å². The van der Waals surface area contributed by atoms with Crippen LogP contribution in [0.3, 0.4) is 0 Å². The first kappa shape index (κ1) is 14.6. The van der Waals surface area contributed by atoms with Gasteiger partial charge in [-0.3, -0.25) is 4.79 Å². The fourth-order valence-corrected chi connectivity index (χ4v) is 1.61. The molecule has 3 nitrogen and oxygen atoms in total. The molecule has 5 heteroatoms. The summed E-state index contributed by atoms with van der Waals surface area (Å²) in [4.78, 5) is 11.6. The van der Waals surface area contributed by atoms with Crippen LogP contribution in [0.5, 0.6) is 0 Å². The van der Waals surface area contributed by atoms with Crippen molar-refractivity contribution in [2.24, 2.45) is 5.41 Å². The number of hydrogen-bond donors (Lipinski definition) is 2. The molecule has 1 aromatic carbocycles. The normalized spacial score (nSPS) is 10.9. The van der Waals surface area contributed by atoms with E-state index in [1.54, 1.807) is 12.1 Å². The molecule has 2 N–H and O–H groups in total. The molecule has 0 aliphatic heterocycles. The number of halogens is 1. The predicted molar refractivity (Wildman–Crippen MR) is 74.8 cm³/mol. The molecule has 1 amide bonds. The SMILES string of the molecule is CC(C)(C)CC(=O)NC(=S)Nc1cccc(F)c1. The van der Waals surface area contributed by atoms with Crippen molar-refractivity contribution in [3.05, 3.63) is 30.1 Å². The van der Waals surface area contributed by atoms with Crippen LogP contribution in [0.4, 0.5) is 10.1 Å². The first-order valence-corrected chi connectivity index (χ1v) is 6.03. The van der Waals surface area contributed by atoms with E-state index < -0.39 is 0 Å². The number of nitrogens with one attached hydrogen (secondary N) is 2. The van der Waals surface area contributed by atoms with Gasteiger partial charge in [-0.15, -0.1) is 0 Å². The number of benzene rings is 1. The number of amides is 1. The minimum atomic E-state index is -0.358. The number of carbonyl (C=O) groups is 1. The van der Waals surface area contributed by atoms with Crippen molar-refractivity contribution in [1.29, 1.82) is 0 Å². The molecule has 0 atom stereocenters. The maximum atomic E-state index is 12.9. The summed E-state index contributed by atoms with van der Waals surface area (Å²) in [5.41, 5.74) is 0.412. The van der Waals surface area contributed by atoms with Gasteiger partial charge in [-0.05, 0) is 35.8 Å². The summed E-state index contributed by atoms with van der Waals surface area (Å²) in [7, 11) is 0. The molecule has 0 aliphatic rings. The lowest BCUT2D eigenvalue weighted by molar-refractivity contribution is -0.121. The average Bonchev–Trinajstić information content (AvgIpc) is 2.13. The Kier molecular flexibility index (Phi) is 4.78. The molecule has 0 bridgehead atoms. The molecule has 0 fully saturated rings. The van der Waals surface area contributed by atoms with Crippen molar-refractivity contribution in [2.75, 3.05) is 5.32 Å². The van der Waals surface area contributed by atoms with Gasteiger partial charge in [0.2, 0.25) is 5.91 Å². The summed E-state index contributed by atoms with van der Waals surface area (Å²) >= 11 is 4.98.